The first-order valence-electron chi connectivity index (χ1n) is 5.26. The topological polar surface area (TPSA) is 105 Å². The molecule has 8 nitrogen and oxygen atoms in total. The molecule has 8 heteroatoms. The van der Waals surface area contributed by atoms with E-state index in [1.807, 2.05) is 0 Å². The molecule has 0 aliphatic rings. The van der Waals surface area contributed by atoms with Gasteiger partial charge in [-0.15, -0.1) is 0 Å². The third kappa shape index (κ3) is 8.48. The number of carbonyl (C=O) groups excluding carboxylic acids is 2. The quantitative estimate of drug-likeness (QED) is 0.480. The Morgan fingerprint density at radius 2 is 1.94 bits per heavy atom. The van der Waals surface area contributed by atoms with Crippen LogP contribution in [-0.4, -0.2) is 74.9 Å². The van der Waals surface area contributed by atoms with Crippen LogP contribution in [0.1, 0.15) is 0 Å². The number of ether oxygens (including phenoxy) is 2. The summed E-state index contributed by atoms with van der Waals surface area (Å²) in [5.41, 5.74) is 0. The minimum absolute atomic E-state index is 0.112. The molecular formula is C10H18N2O6. The van der Waals surface area contributed by atoms with Crippen LogP contribution in [-0.2, 0) is 23.9 Å². The smallest absolute Gasteiger partial charge is 0.329 e. The Morgan fingerprint density at radius 3 is 2.50 bits per heavy atom. The second kappa shape index (κ2) is 9.37. The highest BCUT2D eigenvalue weighted by Gasteiger charge is 2.13. The van der Waals surface area contributed by atoms with Gasteiger partial charge in [-0.05, 0) is 0 Å². The van der Waals surface area contributed by atoms with Crippen LogP contribution in [0, 0.1) is 0 Å². The van der Waals surface area contributed by atoms with Gasteiger partial charge in [-0.1, -0.05) is 0 Å². The molecule has 0 rings (SSSR count). The maximum atomic E-state index is 11.4. The van der Waals surface area contributed by atoms with Crippen molar-refractivity contribution in [1.82, 2.24) is 10.2 Å². The molecule has 2 amide bonds. The van der Waals surface area contributed by atoms with Gasteiger partial charge in [0, 0.05) is 20.7 Å². The molecule has 0 heterocycles. The summed E-state index contributed by atoms with van der Waals surface area (Å²) in [5.74, 6) is -1.93. The van der Waals surface area contributed by atoms with Crippen LogP contribution in [0.4, 0.5) is 0 Å². The highest BCUT2D eigenvalue weighted by Crippen LogP contribution is 1.87. The number of hydrogen-bond acceptors (Lipinski definition) is 5. The second-order valence-corrected chi connectivity index (χ2v) is 3.48. The minimum atomic E-state index is -1.15. The number of carbonyl (C=O) groups is 3. The fourth-order valence-electron chi connectivity index (χ4n) is 0.988. The first kappa shape index (κ1) is 16.3. The van der Waals surface area contributed by atoms with E-state index in [1.54, 1.807) is 0 Å². The van der Waals surface area contributed by atoms with Gasteiger partial charge in [0.05, 0.1) is 13.2 Å². The highest BCUT2D eigenvalue weighted by molar-refractivity contribution is 5.85. The molecule has 0 bridgehead atoms. The number of carboxylic acid groups (broad SMARTS) is 1. The lowest BCUT2D eigenvalue weighted by atomic mass is 10.4. The zero-order valence-electron chi connectivity index (χ0n) is 10.5. The number of aliphatic carboxylic acids is 1. The van der Waals surface area contributed by atoms with Crippen LogP contribution in [0.25, 0.3) is 0 Å². The Morgan fingerprint density at radius 1 is 1.28 bits per heavy atom. The molecule has 104 valence electrons. The Bertz CT molecular complexity index is 294. The number of methoxy groups -OCH3 is 1. The Labute approximate surface area is 105 Å². The number of carboxylic acids is 1. The summed E-state index contributed by atoms with van der Waals surface area (Å²) in [5, 5.41) is 10.9. The lowest BCUT2D eigenvalue weighted by Gasteiger charge is -2.16. The van der Waals surface area contributed by atoms with Gasteiger partial charge in [-0.25, -0.2) is 4.79 Å². The average molecular weight is 262 g/mol. The monoisotopic (exact) mass is 262 g/mol. The van der Waals surface area contributed by atoms with Crippen LogP contribution < -0.4 is 5.32 Å². The van der Waals surface area contributed by atoms with E-state index in [4.69, 9.17) is 9.84 Å². The highest BCUT2D eigenvalue weighted by atomic mass is 16.5. The van der Waals surface area contributed by atoms with Gasteiger partial charge in [0.15, 0.2) is 0 Å². The van der Waals surface area contributed by atoms with E-state index < -0.39 is 18.5 Å². The van der Waals surface area contributed by atoms with Crippen molar-refractivity contribution < 1.29 is 29.0 Å². The van der Waals surface area contributed by atoms with Crippen molar-refractivity contribution in [1.29, 1.82) is 0 Å². The van der Waals surface area contributed by atoms with Crippen molar-refractivity contribution in [3.05, 3.63) is 0 Å². The number of likely N-dealkylation sites (N-methyl/N-ethyl adjacent to an activating group) is 1. The van der Waals surface area contributed by atoms with Gasteiger partial charge in [-0.3, -0.25) is 9.59 Å². The van der Waals surface area contributed by atoms with Crippen molar-refractivity contribution in [2.24, 2.45) is 0 Å². The van der Waals surface area contributed by atoms with E-state index in [2.05, 4.69) is 10.1 Å². The molecule has 0 atom stereocenters. The number of amides is 2. The summed E-state index contributed by atoms with van der Waals surface area (Å²) in [6, 6.07) is 0. The summed E-state index contributed by atoms with van der Waals surface area (Å²) >= 11 is 0. The maximum absolute atomic E-state index is 11.4. The normalized spacial score (nSPS) is 9.89. The first-order valence-corrected chi connectivity index (χ1v) is 5.26. The summed E-state index contributed by atoms with van der Waals surface area (Å²) < 4.78 is 9.36. The van der Waals surface area contributed by atoms with Gasteiger partial charge >= 0.3 is 5.97 Å². The Balaban J connectivity index is 3.78. The van der Waals surface area contributed by atoms with E-state index in [-0.39, 0.29) is 19.1 Å². The standard InChI is InChI=1S/C10H18N2O6/c1-12(5-8(13)11-3-4-17-2)9(14)6-18-7-10(15)16/h3-7H2,1-2H3,(H,11,13)(H,15,16). The van der Waals surface area contributed by atoms with Crippen molar-refractivity contribution in [3.63, 3.8) is 0 Å². The SMILES string of the molecule is COCCNC(=O)CN(C)C(=O)COCC(=O)O. The lowest BCUT2D eigenvalue weighted by molar-refractivity contribution is -0.146. The van der Waals surface area contributed by atoms with Crippen molar-refractivity contribution in [2.75, 3.05) is 47.1 Å². The van der Waals surface area contributed by atoms with E-state index in [1.165, 1.54) is 14.2 Å². The molecule has 0 fully saturated rings. The van der Waals surface area contributed by atoms with Crippen LogP contribution in [0.3, 0.4) is 0 Å². The predicted molar refractivity (Wildman–Crippen MR) is 61.0 cm³/mol. The first-order chi connectivity index (χ1) is 8.47. The van der Waals surface area contributed by atoms with Gasteiger partial charge in [0.25, 0.3) is 0 Å². The van der Waals surface area contributed by atoms with Gasteiger partial charge in [0.2, 0.25) is 11.8 Å². The number of nitrogens with one attached hydrogen (secondary N) is 1. The largest absolute Gasteiger partial charge is 0.480 e. The average Bonchev–Trinajstić information content (AvgIpc) is 2.28. The van der Waals surface area contributed by atoms with Gasteiger partial charge in [0.1, 0.15) is 13.2 Å². The molecule has 0 aromatic carbocycles. The van der Waals surface area contributed by atoms with E-state index >= 15 is 0 Å². The summed E-state index contributed by atoms with van der Waals surface area (Å²) in [6.07, 6.45) is 0. The Hall–Kier alpha value is -1.67. The lowest BCUT2D eigenvalue weighted by Crippen LogP contribution is -2.40. The molecule has 0 saturated heterocycles. The van der Waals surface area contributed by atoms with Crippen molar-refractivity contribution in [3.8, 4) is 0 Å². The number of nitrogens with zero attached hydrogens (tertiary/aromatic N) is 1. The summed E-state index contributed by atoms with van der Waals surface area (Å²) in [6.45, 7) is -0.259. The third-order valence-corrected chi connectivity index (χ3v) is 1.89. The maximum Gasteiger partial charge on any atom is 0.329 e. The fourth-order valence-corrected chi connectivity index (χ4v) is 0.988. The molecule has 0 radical (unpaired) electrons. The minimum Gasteiger partial charge on any atom is -0.480 e. The Kier molecular flexibility index (Phi) is 8.50. The predicted octanol–water partition coefficient (Wildman–Crippen LogP) is -1.69. The van der Waals surface area contributed by atoms with Gasteiger partial charge < -0.3 is 24.8 Å². The molecular weight excluding hydrogens is 244 g/mol. The molecule has 18 heavy (non-hydrogen) atoms. The third-order valence-electron chi connectivity index (χ3n) is 1.89. The molecule has 0 aromatic rings. The molecule has 0 unspecified atom stereocenters. The van der Waals surface area contributed by atoms with E-state index in [0.29, 0.717) is 13.2 Å². The fraction of sp³-hybridized carbons (Fsp3) is 0.700. The number of hydrogen-bond donors (Lipinski definition) is 2. The van der Waals surface area contributed by atoms with Crippen molar-refractivity contribution >= 4 is 17.8 Å². The van der Waals surface area contributed by atoms with Crippen LogP contribution >= 0.6 is 0 Å². The van der Waals surface area contributed by atoms with E-state index in [9.17, 15) is 14.4 Å². The molecule has 0 spiro atoms. The molecule has 2 N–H and O–H groups in total. The van der Waals surface area contributed by atoms with E-state index in [0.717, 1.165) is 4.90 Å². The zero-order chi connectivity index (χ0) is 14.0. The van der Waals surface area contributed by atoms with Crippen LogP contribution in [0.2, 0.25) is 0 Å². The summed E-state index contributed by atoms with van der Waals surface area (Å²) in [7, 11) is 2.95. The zero-order valence-corrected chi connectivity index (χ0v) is 10.5. The second-order valence-electron chi connectivity index (χ2n) is 3.48. The van der Waals surface area contributed by atoms with Crippen LogP contribution in [0.15, 0.2) is 0 Å². The molecule has 0 aromatic heterocycles. The van der Waals surface area contributed by atoms with Gasteiger partial charge in [-0.2, -0.15) is 0 Å². The molecule has 0 aliphatic heterocycles. The van der Waals surface area contributed by atoms with Crippen molar-refractivity contribution in [2.45, 2.75) is 0 Å². The number of rotatable bonds is 9. The van der Waals surface area contributed by atoms with Crippen LogP contribution in [0.5, 0.6) is 0 Å². The molecule has 0 aliphatic carbocycles. The summed E-state index contributed by atoms with van der Waals surface area (Å²) in [4.78, 5) is 34.0. The molecule has 0 saturated carbocycles.